The van der Waals surface area contributed by atoms with Crippen molar-refractivity contribution in [2.45, 2.75) is 31.8 Å². The Morgan fingerprint density at radius 2 is 1.62 bits per heavy atom. The molecular weight excluding hydrogens is 469 g/mol. The monoisotopic (exact) mass is 492 g/mol. The molecule has 10 heteroatoms. The Balaban J connectivity index is 1.67. The maximum atomic E-state index is 13.1. The molecule has 3 aromatic carbocycles. The van der Waals surface area contributed by atoms with Gasteiger partial charge in [0.15, 0.2) is 6.61 Å². The summed E-state index contributed by atoms with van der Waals surface area (Å²) in [6.07, 6.45) is -4.62. The second-order valence-electron chi connectivity index (χ2n) is 7.71. The van der Waals surface area contributed by atoms with Gasteiger partial charge in [-0.1, -0.05) is 18.2 Å². The number of carbonyl (C=O) groups excluding carboxylic acids is 1. The smallest absolute Gasteiger partial charge is 0.418 e. The molecule has 0 aromatic heterocycles. The van der Waals surface area contributed by atoms with E-state index in [-0.39, 0.29) is 16.3 Å². The van der Waals surface area contributed by atoms with Gasteiger partial charge >= 0.3 is 6.18 Å². The Kier molecular flexibility index (Phi) is 7.21. The number of ether oxygens (including phenoxy) is 1. The van der Waals surface area contributed by atoms with Gasteiger partial charge in [0.2, 0.25) is 0 Å². The second-order valence-corrected chi connectivity index (χ2v) is 9.39. The lowest BCUT2D eigenvalue weighted by Gasteiger charge is -2.15. The van der Waals surface area contributed by atoms with E-state index in [4.69, 9.17) is 4.74 Å². The Hall–Kier alpha value is -3.53. The van der Waals surface area contributed by atoms with Crippen LogP contribution in [-0.2, 0) is 21.0 Å². The van der Waals surface area contributed by atoms with Gasteiger partial charge in [-0.2, -0.15) is 13.2 Å². The average Bonchev–Trinajstić information content (AvgIpc) is 2.75. The number of amides is 1. The van der Waals surface area contributed by atoms with E-state index in [9.17, 15) is 26.4 Å². The van der Waals surface area contributed by atoms with Gasteiger partial charge in [0.25, 0.3) is 15.9 Å². The van der Waals surface area contributed by atoms with Gasteiger partial charge in [-0.15, -0.1) is 0 Å². The van der Waals surface area contributed by atoms with Crippen molar-refractivity contribution in [3.63, 3.8) is 0 Å². The van der Waals surface area contributed by atoms with E-state index in [1.807, 2.05) is 19.9 Å². The van der Waals surface area contributed by atoms with Crippen molar-refractivity contribution in [1.29, 1.82) is 0 Å². The Bertz CT molecular complexity index is 1320. The maximum absolute atomic E-state index is 13.1. The lowest BCUT2D eigenvalue weighted by atomic mass is 10.1. The molecule has 2 N–H and O–H groups in total. The molecule has 0 spiro atoms. The first-order chi connectivity index (χ1) is 15.9. The molecule has 34 heavy (non-hydrogen) atoms. The number of hydrogen-bond acceptors (Lipinski definition) is 4. The summed E-state index contributed by atoms with van der Waals surface area (Å²) in [7, 11) is -3.86. The third kappa shape index (κ3) is 6.07. The van der Waals surface area contributed by atoms with Crippen LogP contribution in [0.3, 0.4) is 0 Å². The van der Waals surface area contributed by atoms with Gasteiger partial charge in [-0.3, -0.25) is 9.52 Å². The zero-order valence-corrected chi connectivity index (χ0v) is 19.5. The number of alkyl halides is 3. The van der Waals surface area contributed by atoms with Gasteiger partial charge in [0.05, 0.1) is 16.1 Å². The minimum atomic E-state index is -4.62. The van der Waals surface area contributed by atoms with Crippen LogP contribution >= 0.6 is 0 Å². The predicted octanol–water partition coefficient (Wildman–Crippen LogP) is 5.45. The first-order valence-corrected chi connectivity index (χ1v) is 11.6. The second kappa shape index (κ2) is 9.76. The van der Waals surface area contributed by atoms with Crippen molar-refractivity contribution in [3.05, 3.63) is 82.9 Å². The minimum Gasteiger partial charge on any atom is -0.483 e. The molecule has 0 aliphatic heterocycles. The topological polar surface area (TPSA) is 84.5 Å². The minimum absolute atomic E-state index is 0.000802. The van der Waals surface area contributed by atoms with Crippen molar-refractivity contribution in [3.8, 4) is 5.75 Å². The largest absolute Gasteiger partial charge is 0.483 e. The van der Waals surface area contributed by atoms with Crippen LogP contribution in [0.4, 0.5) is 24.5 Å². The molecule has 3 aromatic rings. The molecule has 0 aliphatic rings. The van der Waals surface area contributed by atoms with Crippen LogP contribution in [0.5, 0.6) is 5.75 Å². The Morgan fingerprint density at radius 3 is 2.26 bits per heavy atom. The van der Waals surface area contributed by atoms with E-state index in [0.29, 0.717) is 11.3 Å². The van der Waals surface area contributed by atoms with Crippen molar-refractivity contribution in [2.75, 3.05) is 16.6 Å². The van der Waals surface area contributed by atoms with E-state index >= 15 is 0 Å². The van der Waals surface area contributed by atoms with Crippen LogP contribution in [0.15, 0.2) is 65.6 Å². The van der Waals surface area contributed by atoms with Gasteiger partial charge in [0, 0.05) is 5.69 Å². The summed E-state index contributed by atoms with van der Waals surface area (Å²) in [6.45, 7) is 4.84. The number of benzene rings is 3. The molecule has 0 fully saturated rings. The fraction of sp³-hybridized carbons (Fsp3) is 0.208. The lowest BCUT2D eigenvalue weighted by molar-refractivity contribution is -0.137. The number of sulfonamides is 1. The summed E-state index contributed by atoms with van der Waals surface area (Å²) in [5.74, 6) is -0.561. The Morgan fingerprint density at radius 1 is 0.912 bits per heavy atom. The highest BCUT2D eigenvalue weighted by molar-refractivity contribution is 7.92. The van der Waals surface area contributed by atoms with Crippen LogP contribution in [0.25, 0.3) is 0 Å². The zero-order valence-electron chi connectivity index (χ0n) is 18.7. The van der Waals surface area contributed by atoms with Crippen LogP contribution in [0.2, 0.25) is 0 Å². The lowest BCUT2D eigenvalue weighted by Crippen LogP contribution is -2.22. The van der Waals surface area contributed by atoms with Crippen LogP contribution in [0, 0.1) is 20.8 Å². The SMILES string of the molecule is Cc1ccc(NS(=O)(=O)c2ccc(OCC(=O)Nc3ccccc3C(F)(F)F)c(C)c2)cc1C. The molecule has 0 saturated heterocycles. The van der Waals surface area contributed by atoms with Gasteiger partial charge in [-0.25, -0.2) is 8.42 Å². The third-order valence-electron chi connectivity index (χ3n) is 5.08. The van der Waals surface area contributed by atoms with Crippen molar-refractivity contribution >= 4 is 27.3 Å². The van der Waals surface area contributed by atoms with E-state index in [1.54, 1.807) is 19.1 Å². The number of aryl methyl sites for hydroxylation is 3. The van der Waals surface area contributed by atoms with E-state index in [1.165, 1.54) is 30.3 Å². The Labute approximate surface area is 195 Å². The van der Waals surface area contributed by atoms with Gasteiger partial charge < -0.3 is 10.1 Å². The molecule has 0 aliphatic carbocycles. The van der Waals surface area contributed by atoms with Crippen LogP contribution in [-0.4, -0.2) is 20.9 Å². The third-order valence-corrected chi connectivity index (χ3v) is 6.46. The highest BCUT2D eigenvalue weighted by Gasteiger charge is 2.33. The summed E-state index contributed by atoms with van der Waals surface area (Å²) >= 11 is 0. The molecule has 3 rings (SSSR count). The number of anilines is 2. The molecule has 0 atom stereocenters. The number of rotatable bonds is 7. The number of nitrogens with one attached hydrogen (secondary N) is 2. The normalized spacial score (nSPS) is 11.7. The van der Waals surface area contributed by atoms with Crippen LogP contribution in [0.1, 0.15) is 22.3 Å². The highest BCUT2D eigenvalue weighted by Crippen LogP contribution is 2.34. The zero-order chi connectivity index (χ0) is 25.1. The molecule has 0 heterocycles. The molecule has 0 saturated carbocycles. The summed E-state index contributed by atoms with van der Waals surface area (Å²) in [6, 6.07) is 13.9. The first-order valence-electron chi connectivity index (χ1n) is 10.2. The molecule has 0 bridgehead atoms. The van der Waals surface area contributed by atoms with E-state index in [0.717, 1.165) is 23.3 Å². The highest BCUT2D eigenvalue weighted by atomic mass is 32.2. The standard InChI is InChI=1S/C24H23F3N2O4S/c1-15-8-9-18(12-16(15)2)29-34(31,32)19-10-11-22(17(3)13-19)33-14-23(30)28-21-7-5-4-6-20(21)24(25,26)27/h4-13,29H,14H2,1-3H3,(H,28,30). The number of hydrogen-bond donors (Lipinski definition) is 2. The molecule has 0 radical (unpaired) electrons. The summed E-state index contributed by atoms with van der Waals surface area (Å²) in [4.78, 5) is 12.1. The predicted molar refractivity (Wildman–Crippen MR) is 123 cm³/mol. The molecular formula is C24H23F3N2O4S. The van der Waals surface area contributed by atoms with Crippen molar-refractivity contribution in [1.82, 2.24) is 0 Å². The van der Waals surface area contributed by atoms with Crippen LogP contribution < -0.4 is 14.8 Å². The molecule has 0 unspecified atom stereocenters. The van der Waals surface area contributed by atoms with Crippen molar-refractivity contribution < 1.29 is 31.1 Å². The molecule has 1 amide bonds. The fourth-order valence-electron chi connectivity index (χ4n) is 3.14. The summed E-state index contributed by atoms with van der Waals surface area (Å²) < 4.78 is 72.6. The number of para-hydroxylation sites is 1. The number of carbonyl (C=O) groups is 1. The average molecular weight is 493 g/mol. The molecule has 6 nitrogen and oxygen atoms in total. The summed E-state index contributed by atoms with van der Waals surface area (Å²) in [5, 5.41) is 2.19. The maximum Gasteiger partial charge on any atom is 0.418 e. The van der Waals surface area contributed by atoms with E-state index in [2.05, 4.69) is 10.0 Å². The quantitative estimate of drug-likeness (QED) is 0.460. The van der Waals surface area contributed by atoms with Gasteiger partial charge in [0.1, 0.15) is 5.75 Å². The number of halogens is 3. The first kappa shape index (κ1) is 25.1. The molecule has 180 valence electrons. The van der Waals surface area contributed by atoms with E-state index < -0.39 is 34.3 Å². The fourth-order valence-corrected chi connectivity index (χ4v) is 4.27. The van der Waals surface area contributed by atoms with Gasteiger partial charge in [-0.05, 0) is 79.9 Å². The summed E-state index contributed by atoms with van der Waals surface area (Å²) in [5.41, 5.74) is 1.50. The van der Waals surface area contributed by atoms with Crippen molar-refractivity contribution in [2.24, 2.45) is 0 Å².